The molecule has 0 radical (unpaired) electrons. The van der Waals surface area contributed by atoms with Crippen molar-refractivity contribution >= 4 is 27.0 Å². The topological polar surface area (TPSA) is 83.8 Å². The summed E-state index contributed by atoms with van der Waals surface area (Å²) in [4.78, 5) is 12.7. The van der Waals surface area contributed by atoms with Gasteiger partial charge in [-0.1, -0.05) is 36.4 Å². The maximum Gasteiger partial charge on any atom is 0.270 e. The maximum absolute atomic E-state index is 13.2. The molecule has 0 saturated carbocycles. The second kappa shape index (κ2) is 7.96. The molecule has 4 rings (SSSR count). The van der Waals surface area contributed by atoms with Crippen LogP contribution < -0.4 is 4.90 Å². The summed E-state index contributed by atoms with van der Waals surface area (Å²) in [6.07, 6.45) is 4.52. The number of nitro benzene ring substituents is 1. The van der Waals surface area contributed by atoms with E-state index in [1.54, 1.807) is 6.07 Å². The molecule has 0 aliphatic carbocycles. The summed E-state index contributed by atoms with van der Waals surface area (Å²) < 4.78 is 27.9. The molecule has 2 heterocycles. The first-order valence-electron chi connectivity index (χ1n) is 9.75. The average Bonchev–Trinajstić information content (AvgIpc) is 3.30. The monoisotopic (exact) mass is 413 g/mol. The molecule has 0 amide bonds. The number of hydrogen-bond acceptors (Lipinski definition) is 5. The fraction of sp³-hybridized carbons (Fsp3) is 0.333. The fourth-order valence-corrected chi connectivity index (χ4v) is 5.70. The highest BCUT2D eigenvalue weighted by Crippen LogP contribution is 2.35. The van der Waals surface area contributed by atoms with Crippen molar-refractivity contribution in [2.75, 3.05) is 31.1 Å². The van der Waals surface area contributed by atoms with Gasteiger partial charge in [-0.15, -0.1) is 0 Å². The van der Waals surface area contributed by atoms with Gasteiger partial charge < -0.3 is 4.90 Å². The third kappa shape index (κ3) is 3.90. The summed E-state index contributed by atoms with van der Waals surface area (Å²) in [5.41, 5.74) is 2.73. The lowest BCUT2D eigenvalue weighted by Crippen LogP contribution is -2.33. The number of nitrogens with zero attached hydrogens (tertiary/aromatic N) is 3. The van der Waals surface area contributed by atoms with Crippen molar-refractivity contribution in [3.05, 3.63) is 70.3 Å². The van der Waals surface area contributed by atoms with Crippen molar-refractivity contribution in [3.63, 3.8) is 0 Å². The van der Waals surface area contributed by atoms with Gasteiger partial charge in [0.15, 0.2) is 0 Å². The molecule has 0 unspecified atom stereocenters. The molecule has 7 nitrogen and oxygen atoms in total. The van der Waals surface area contributed by atoms with Gasteiger partial charge in [-0.3, -0.25) is 10.1 Å². The van der Waals surface area contributed by atoms with Crippen LogP contribution in [0.4, 0.5) is 11.4 Å². The van der Waals surface area contributed by atoms with Crippen LogP contribution in [-0.4, -0.2) is 43.8 Å². The molecule has 152 valence electrons. The summed E-state index contributed by atoms with van der Waals surface area (Å²) in [7, 11) is -3.77. The highest BCUT2D eigenvalue weighted by atomic mass is 32.2. The van der Waals surface area contributed by atoms with E-state index < -0.39 is 14.9 Å². The summed E-state index contributed by atoms with van der Waals surface area (Å²) in [5, 5.41) is 11.3. The van der Waals surface area contributed by atoms with Crippen molar-refractivity contribution in [2.45, 2.75) is 24.2 Å². The zero-order chi connectivity index (χ0) is 20.4. The van der Waals surface area contributed by atoms with Crippen LogP contribution in [0.15, 0.2) is 59.5 Å². The molecular weight excluding hydrogens is 390 g/mol. The van der Waals surface area contributed by atoms with Crippen LogP contribution >= 0.6 is 0 Å². The minimum atomic E-state index is -3.77. The van der Waals surface area contributed by atoms with Crippen molar-refractivity contribution in [3.8, 4) is 0 Å². The maximum atomic E-state index is 13.2. The number of sulfonamides is 1. The summed E-state index contributed by atoms with van der Waals surface area (Å²) in [6.45, 7) is 2.14. The first kappa shape index (κ1) is 19.6. The van der Waals surface area contributed by atoms with Gasteiger partial charge in [0.05, 0.1) is 10.6 Å². The molecule has 29 heavy (non-hydrogen) atoms. The van der Waals surface area contributed by atoms with E-state index in [9.17, 15) is 18.5 Å². The quantitative estimate of drug-likeness (QED) is 0.552. The Morgan fingerprint density at radius 3 is 2.31 bits per heavy atom. The van der Waals surface area contributed by atoms with Gasteiger partial charge in [-0.2, -0.15) is 4.31 Å². The summed E-state index contributed by atoms with van der Waals surface area (Å²) in [6, 6.07) is 14.3. The highest BCUT2D eigenvalue weighted by Gasteiger charge is 2.32. The van der Waals surface area contributed by atoms with E-state index >= 15 is 0 Å². The molecule has 0 spiro atoms. The lowest BCUT2D eigenvalue weighted by Gasteiger charge is -2.31. The van der Waals surface area contributed by atoms with E-state index in [0.29, 0.717) is 31.9 Å². The molecule has 8 heteroatoms. The second-order valence-corrected chi connectivity index (χ2v) is 9.22. The predicted molar refractivity (Wildman–Crippen MR) is 112 cm³/mol. The highest BCUT2D eigenvalue weighted by molar-refractivity contribution is 7.89. The summed E-state index contributed by atoms with van der Waals surface area (Å²) in [5.74, 6) is 0. The summed E-state index contributed by atoms with van der Waals surface area (Å²) >= 11 is 0. The molecule has 0 atom stereocenters. The lowest BCUT2D eigenvalue weighted by molar-refractivity contribution is -0.385. The van der Waals surface area contributed by atoms with Gasteiger partial charge in [0.25, 0.3) is 5.69 Å². The smallest absolute Gasteiger partial charge is 0.270 e. The van der Waals surface area contributed by atoms with Gasteiger partial charge in [0.1, 0.15) is 4.90 Å². The molecule has 1 saturated heterocycles. The molecule has 1 fully saturated rings. The van der Waals surface area contributed by atoms with Crippen LogP contribution in [0.5, 0.6) is 0 Å². The van der Waals surface area contributed by atoms with E-state index in [1.165, 1.54) is 27.6 Å². The zero-order valence-electron chi connectivity index (χ0n) is 16.0. The van der Waals surface area contributed by atoms with Gasteiger partial charge in [0.2, 0.25) is 10.0 Å². The fourth-order valence-electron chi connectivity index (χ4n) is 3.95. The molecule has 2 aliphatic heterocycles. The van der Waals surface area contributed by atoms with Crippen LogP contribution in [0.2, 0.25) is 0 Å². The second-order valence-electron chi connectivity index (χ2n) is 7.31. The predicted octanol–water partition coefficient (Wildman–Crippen LogP) is 3.67. The molecule has 2 aromatic carbocycles. The largest absolute Gasteiger partial charge is 0.366 e. The first-order chi connectivity index (χ1) is 14.0. The third-order valence-electron chi connectivity index (χ3n) is 5.53. The normalized spacial score (nSPS) is 17.9. The van der Waals surface area contributed by atoms with E-state index in [0.717, 1.165) is 19.3 Å². The number of nitro groups is 1. The van der Waals surface area contributed by atoms with Gasteiger partial charge >= 0.3 is 0 Å². The standard InChI is InChI=1S/C21H23N3O4S/c25-24(26)19-8-9-20(21(16-19)29(27,28)23-12-4-5-13-23)22-14-10-18(11-15-22)17-6-2-1-3-7-17/h1-3,6-10,16H,4-5,11-15H2. The van der Waals surface area contributed by atoms with Gasteiger partial charge in [-0.05, 0) is 36.5 Å². The van der Waals surface area contributed by atoms with Crippen molar-refractivity contribution in [1.29, 1.82) is 0 Å². The van der Waals surface area contributed by atoms with E-state index in [2.05, 4.69) is 18.2 Å². The molecule has 0 N–H and O–H groups in total. The molecular formula is C21H23N3O4S. The zero-order valence-corrected chi connectivity index (χ0v) is 16.8. The Balaban J connectivity index is 1.69. The van der Waals surface area contributed by atoms with Crippen LogP contribution in [0.25, 0.3) is 5.57 Å². The molecule has 2 aromatic rings. The van der Waals surface area contributed by atoms with E-state index in [4.69, 9.17) is 0 Å². The Morgan fingerprint density at radius 2 is 1.69 bits per heavy atom. The van der Waals surface area contributed by atoms with Crippen LogP contribution in [-0.2, 0) is 10.0 Å². The van der Waals surface area contributed by atoms with E-state index in [-0.39, 0.29) is 10.6 Å². The molecule has 0 aromatic heterocycles. The average molecular weight is 413 g/mol. The van der Waals surface area contributed by atoms with Crippen LogP contribution in [0.3, 0.4) is 0 Å². The number of hydrogen-bond donors (Lipinski definition) is 0. The Kier molecular flexibility index (Phi) is 5.38. The van der Waals surface area contributed by atoms with E-state index in [1.807, 2.05) is 23.1 Å². The van der Waals surface area contributed by atoms with Gasteiger partial charge in [-0.25, -0.2) is 8.42 Å². The SMILES string of the molecule is O=[N+]([O-])c1ccc(N2CC=C(c3ccccc3)CC2)c(S(=O)(=O)N2CCCC2)c1. The minimum absolute atomic E-state index is 0.0326. The van der Waals surface area contributed by atoms with Crippen molar-refractivity contribution < 1.29 is 13.3 Å². The number of benzene rings is 2. The van der Waals surface area contributed by atoms with Crippen molar-refractivity contribution in [1.82, 2.24) is 4.31 Å². The lowest BCUT2D eigenvalue weighted by atomic mass is 9.99. The third-order valence-corrected chi connectivity index (χ3v) is 7.46. The Bertz CT molecular complexity index is 1040. The Morgan fingerprint density at radius 1 is 0.966 bits per heavy atom. The first-order valence-corrected chi connectivity index (χ1v) is 11.2. The molecule has 2 aliphatic rings. The number of non-ortho nitro benzene ring substituents is 1. The van der Waals surface area contributed by atoms with Crippen molar-refractivity contribution in [2.24, 2.45) is 0 Å². The number of anilines is 1. The Labute approximate surface area is 170 Å². The minimum Gasteiger partial charge on any atom is -0.366 e. The van der Waals surface area contributed by atoms with Gasteiger partial charge in [0, 0.05) is 38.3 Å². The van der Waals surface area contributed by atoms with Crippen LogP contribution in [0, 0.1) is 10.1 Å². The molecule has 0 bridgehead atoms. The van der Waals surface area contributed by atoms with Crippen LogP contribution in [0.1, 0.15) is 24.8 Å². The number of rotatable bonds is 5. The Hall–Kier alpha value is -2.71.